The lowest BCUT2D eigenvalue weighted by Crippen LogP contribution is -2.42. The molecule has 6 heteroatoms. The summed E-state index contributed by atoms with van der Waals surface area (Å²) >= 11 is 1.18. The second-order valence-corrected chi connectivity index (χ2v) is 6.64. The summed E-state index contributed by atoms with van der Waals surface area (Å²) in [5.74, 6) is -0.0000350. The second kappa shape index (κ2) is 8.34. The average molecular weight is 313 g/mol. The number of aryl methyl sites for hydroxylation is 1. The minimum absolute atomic E-state index is 0.0000350. The van der Waals surface area contributed by atoms with Crippen molar-refractivity contribution in [3.05, 3.63) is 20.7 Å². The van der Waals surface area contributed by atoms with Gasteiger partial charge in [0.05, 0.1) is 0 Å². The smallest absolute Gasteiger partial charge is 0.307 e. The fourth-order valence-corrected chi connectivity index (χ4v) is 3.17. The summed E-state index contributed by atoms with van der Waals surface area (Å²) in [6.45, 7) is 12.5. The van der Waals surface area contributed by atoms with Gasteiger partial charge < -0.3 is 9.88 Å². The minimum Gasteiger partial charge on any atom is -0.355 e. The molecule has 0 radical (unpaired) electrons. The molecular weight excluding hydrogens is 286 g/mol. The van der Waals surface area contributed by atoms with Gasteiger partial charge in [-0.1, -0.05) is 11.3 Å². The zero-order valence-electron chi connectivity index (χ0n) is 13.7. The van der Waals surface area contributed by atoms with Gasteiger partial charge in [0.15, 0.2) is 0 Å². The number of rotatable bonds is 8. The van der Waals surface area contributed by atoms with E-state index in [9.17, 15) is 9.59 Å². The summed E-state index contributed by atoms with van der Waals surface area (Å²) in [4.78, 5) is 25.7. The third-order valence-corrected chi connectivity index (χ3v) is 4.44. The first-order valence-electron chi connectivity index (χ1n) is 7.50. The molecule has 0 aliphatic heterocycles. The van der Waals surface area contributed by atoms with Crippen LogP contribution in [-0.4, -0.2) is 40.5 Å². The fraction of sp³-hybridized carbons (Fsp3) is 0.733. The lowest BCUT2D eigenvalue weighted by Gasteiger charge is -2.30. The number of aromatic nitrogens is 1. The number of nitrogens with one attached hydrogen (secondary N) is 1. The number of nitrogens with zero attached hydrogens (tertiary/aromatic N) is 2. The topological polar surface area (TPSA) is 54.3 Å². The molecule has 1 rings (SSSR count). The Bertz CT molecular complexity index is 497. The van der Waals surface area contributed by atoms with Gasteiger partial charge in [0, 0.05) is 49.2 Å². The van der Waals surface area contributed by atoms with E-state index in [1.165, 1.54) is 11.3 Å². The van der Waals surface area contributed by atoms with E-state index >= 15 is 0 Å². The second-order valence-electron chi connectivity index (χ2n) is 5.82. The monoisotopic (exact) mass is 313 g/mol. The SMILES string of the molecule is Cc1csc(=O)n1CCC(=O)NCCN(C(C)C)C(C)C. The summed E-state index contributed by atoms with van der Waals surface area (Å²) in [6.07, 6.45) is 0.348. The lowest BCUT2D eigenvalue weighted by atomic mass is 10.2. The molecule has 1 aromatic heterocycles. The highest BCUT2D eigenvalue weighted by atomic mass is 32.1. The molecular formula is C15H27N3O2S. The molecule has 0 aliphatic carbocycles. The van der Waals surface area contributed by atoms with Crippen LogP contribution in [0.5, 0.6) is 0 Å². The molecule has 1 N–H and O–H groups in total. The van der Waals surface area contributed by atoms with E-state index in [1.54, 1.807) is 4.57 Å². The van der Waals surface area contributed by atoms with Gasteiger partial charge in [-0.3, -0.25) is 14.5 Å². The standard InChI is InChI=1S/C15H27N3O2S/c1-11(2)17(12(3)4)9-7-16-14(19)6-8-18-13(5)10-21-15(18)20/h10-12H,6-9H2,1-5H3,(H,16,19). The van der Waals surface area contributed by atoms with Crippen LogP contribution in [0.1, 0.15) is 39.8 Å². The molecule has 1 aromatic rings. The van der Waals surface area contributed by atoms with Crippen molar-refractivity contribution in [2.75, 3.05) is 13.1 Å². The number of carbonyl (C=O) groups excluding carboxylic acids is 1. The molecule has 5 nitrogen and oxygen atoms in total. The van der Waals surface area contributed by atoms with Crippen LogP contribution in [0.25, 0.3) is 0 Å². The van der Waals surface area contributed by atoms with Gasteiger partial charge in [0.2, 0.25) is 5.91 Å². The van der Waals surface area contributed by atoms with Crippen LogP contribution in [0.15, 0.2) is 10.2 Å². The molecule has 0 fully saturated rings. The van der Waals surface area contributed by atoms with Crippen LogP contribution in [-0.2, 0) is 11.3 Å². The van der Waals surface area contributed by atoms with E-state index in [1.807, 2.05) is 12.3 Å². The van der Waals surface area contributed by atoms with Gasteiger partial charge in [0.25, 0.3) is 0 Å². The molecule has 0 atom stereocenters. The number of hydrogen-bond acceptors (Lipinski definition) is 4. The van der Waals surface area contributed by atoms with E-state index in [-0.39, 0.29) is 10.8 Å². The minimum atomic E-state index is -0.0000350. The predicted molar refractivity (Wildman–Crippen MR) is 87.9 cm³/mol. The first-order chi connectivity index (χ1) is 9.82. The highest BCUT2D eigenvalue weighted by molar-refractivity contribution is 7.07. The largest absolute Gasteiger partial charge is 0.355 e. The highest BCUT2D eigenvalue weighted by Crippen LogP contribution is 2.03. The van der Waals surface area contributed by atoms with Gasteiger partial charge in [-0.25, -0.2) is 0 Å². The Balaban J connectivity index is 2.33. The molecule has 1 heterocycles. The molecule has 0 unspecified atom stereocenters. The van der Waals surface area contributed by atoms with Gasteiger partial charge >= 0.3 is 4.87 Å². The predicted octanol–water partition coefficient (Wildman–Crippen LogP) is 1.84. The molecule has 21 heavy (non-hydrogen) atoms. The van der Waals surface area contributed by atoms with E-state index < -0.39 is 0 Å². The van der Waals surface area contributed by atoms with E-state index in [2.05, 4.69) is 37.9 Å². The number of carbonyl (C=O) groups is 1. The average Bonchev–Trinajstić information content (AvgIpc) is 2.71. The van der Waals surface area contributed by atoms with Crippen molar-refractivity contribution in [2.24, 2.45) is 0 Å². The van der Waals surface area contributed by atoms with Crippen molar-refractivity contribution in [1.82, 2.24) is 14.8 Å². The van der Waals surface area contributed by atoms with Crippen LogP contribution in [0.2, 0.25) is 0 Å². The van der Waals surface area contributed by atoms with Crippen molar-refractivity contribution < 1.29 is 4.79 Å². The molecule has 0 saturated carbocycles. The van der Waals surface area contributed by atoms with E-state index in [0.717, 1.165) is 12.2 Å². The molecule has 0 aliphatic rings. The maximum atomic E-state index is 11.8. The van der Waals surface area contributed by atoms with Gasteiger partial charge in [-0.2, -0.15) is 0 Å². The van der Waals surface area contributed by atoms with E-state index in [0.29, 0.717) is 31.6 Å². The van der Waals surface area contributed by atoms with E-state index in [4.69, 9.17) is 0 Å². The fourth-order valence-electron chi connectivity index (χ4n) is 2.41. The summed E-state index contributed by atoms with van der Waals surface area (Å²) in [5.41, 5.74) is 0.920. The third-order valence-electron chi connectivity index (χ3n) is 3.56. The molecule has 0 bridgehead atoms. The maximum Gasteiger partial charge on any atom is 0.307 e. The first kappa shape index (κ1) is 17.9. The van der Waals surface area contributed by atoms with Gasteiger partial charge in [-0.05, 0) is 34.6 Å². The molecule has 0 spiro atoms. The van der Waals surface area contributed by atoms with Crippen molar-refractivity contribution in [3.8, 4) is 0 Å². The Morgan fingerprint density at radius 3 is 2.43 bits per heavy atom. The van der Waals surface area contributed by atoms with Crippen molar-refractivity contribution in [2.45, 2.75) is 59.7 Å². The van der Waals surface area contributed by atoms with Crippen LogP contribution < -0.4 is 10.2 Å². The Morgan fingerprint density at radius 1 is 1.33 bits per heavy atom. The summed E-state index contributed by atoms with van der Waals surface area (Å²) in [7, 11) is 0. The lowest BCUT2D eigenvalue weighted by molar-refractivity contribution is -0.121. The maximum absolute atomic E-state index is 11.8. The van der Waals surface area contributed by atoms with Gasteiger partial charge in [0.1, 0.15) is 0 Å². The Labute approximate surface area is 131 Å². The number of thiazole rings is 1. The van der Waals surface area contributed by atoms with Crippen LogP contribution in [0.3, 0.4) is 0 Å². The molecule has 0 aromatic carbocycles. The molecule has 120 valence electrons. The zero-order chi connectivity index (χ0) is 16.0. The Kier molecular flexibility index (Phi) is 7.11. The quantitative estimate of drug-likeness (QED) is 0.797. The van der Waals surface area contributed by atoms with Crippen LogP contribution in [0, 0.1) is 6.92 Å². The summed E-state index contributed by atoms with van der Waals surface area (Å²) < 4.78 is 1.65. The molecule has 0 saturated heterocycles. The van der Waals surface area contributed by atoms with Crippen LogP contribution >= 0.6 is 11.3 Å². The first-order valence-corrected chi connectivity index (χ1v) is 8.38. The Morgan fingerprint density at radius 2 is 1.95 bits per heavy atom. The van der Waals surface area contributed by atoms with Crippen LogP contribution in [0.4, 0.5) is 0 Å². The normalized spacial score (nSPS) is 11.6. The third kappa shape index (κ3) is 5.63. The summed E-state index contributed by atoms with van der Waals surface area (Å²) in [5, 5.41) is 4.75. The van der Waals surface area contributed by atoms with Crippen molar-refractivity contribution >= 4 is 17.2 Å². The Hall–Kier alpha value is -1.14. The molecule has 1 amide bonds. The number of hydrogen-bond donors (Lipinski definition) is 1. The van der Waals surface area contributed by atoms with Crippen molar-refractivity contribution in [3.63, 3.8) is 0 Å². The zero-order valence-corrected chi connectivity index (χ0v) is 14.5. The highest BCUT2D eigenvalue weighted by Gasteiger charge is 2.13. The number of amides is 1. The van der Waals surface area contributed by atoms with Gasteiger partial charge in [-0.15, -0.1) is 0 Å². The van der Waals surface area contributed by atoms with Crippen molar-refractivity contribution in [1.29, 1.82) is 0 Å². The summed E-state index contributed by atoms with van der Waals surface area (Å²) in [6, 6.07) is 0.933.